The third-order valence-corrected chi connectivity index (χ3v) is 6.19. The SMILES string of the molecule is CN(C)S(=O)(=O)Nc1cccc(-c2nn(-c3ccc(F)cc3)c(=O)c3ccccc23)c1. The molecule has 0 radical (unpaired) electrons. The summed E-state index contributed by atoms with van der Waals surface area (Å²) in [6.45, 7) is 0. The number of aromatic nitrogens is 2. The first kappa shape index (κ1) is 20.7. The molecule has 4 rings (SSSR count). The Morgan fingerprint density at radius 3 is 2.29 bits per heavy atom. The molecule has 0 aliphatic rings. The smallest absolute Gasteiger partial charge is 0.271 e. The summed E-state index contributed by atoms with van der Waals surface area (Å²) >= 11 is 0. The maximum absolute atomic E-state index is 13.4. The van der Waals surface area contributed by atoms with Gasteiger partial charge in [-0.3, -0.25) is 9.52 Å². The number of fused-ring (bicyclic) bond motifs is 1. The lowest BCUT2D eigenvalue weighted by Crippen LogP contribution is -2.28. The van der Waals surface area contributed by atoms with Crippen LogP contribution in [0.2, 0.25) is 0 Å². The van der Waals surface area contributed by atoms with E-state index in [1.165, 1.54) is 43.0 Å². The Labute approximate surface area is 178 Å². The highest BCUT2D eigenvalue weighted by molar-refractivity contribution is 7.90. The number of anilines is 1. The van der Waals surface area contributed by atoms with Crippen LogP contribution in [0.25, 0.3) is 27.7 Å². The van der Waals surface area contributed by atoms with Crippen LogP contribution in [0.15, 0.2) is 77.6 Å². The lowest BCUT2D eigenvalue weighted by molar-refractivity contribution is 0.527. The molecule has 0 fully saturated rings. The maximum atomic E-state index is 13.4. The van der Waals surface area contributed by atoms with E-state index in [1.807, 2.05) is 0 Å². The van der Waals surface area contributed by atoms with E-state index < -0.39 is 16.0 Å². The number of rotatable bonds is 5. The molecule has 0 saturated heterocycles. The summed E-state index contributed by atoms with van der Waals surface area (Å²) in [6.07, 6.45) is 0. The minimum absolute atomic E-state index is 0.338. The molecule has 0 spiro atoms. The van der Waals surface area contributed by atoms with Crippen LogP contribution in [-0.2, 0) is 10.2 Å². The van der Waals surface area contributed by atoms with Crippen molar-refractivity contribution in [2.45, 2.75) is 0 Å². The van der Waals surface area contributed by atoms with E-state index in [2.05, 4.69) is 9.82 Å². The molecule has 0 amide bonds. The third kappa shape index (κ3) is 4.05. The van der Waals surface area contributed by atoms with Gasteiger partial charge in [-0.2, -0.15) is 22.5 Å². The van der Waals surface area contributed by atoms with Crippen LogP contribution in [0.3, 0.4) is 0 Å². The lowest BCUT2D eigenvalue weighted by Gasteiger charge is -2.15. The van der Waals surface area contributed by atoms with Crippen molar-refractivity contribution in [3.05, 3.63) is 89.0 Å². The van der Waals surface area contributed by atoms with Crippen molar-refractivity contribution in [2.75, 3.05) is 18.8 Å². The Kier molecular flexibility index (Phi) is 5.30. The third-order valence-electron chi connectivity index (χ3n) is 4.74. The summed E-state index contributed by atoms with van der Waals surface area (Å²) in [7, 11) is -0.822. The lowest BCUT2D eigenvalue weighted by atomic mass is 10.0. The highest BCUT2D eigenvalue weighted by Crippen LogP contribution is 2.27. The molecule has 9 heteroatoms. The van der Waals surface area contributed by atoms with Crippen LogP contribution in [0.1, 0.15) is 0 Å². The molecular weight excluding hydrogens is 419 g/mol. The summed E-state index contributed by atoms with van der Waals surface area (Å²) in [5.74, 6) is -0.418. The minimum Gasteiger partial charge on any atom is -0.271 e. The fraction of sp³-hybridized carbons (Fsp3) is 0.0909. The van der Waals surface area contributed by atoms with E-state index in [0.29, 0.717) is 33.4 Å². The Balaban J connectivity index is 1.92. The number of nitrogens with zero attached hydrogens (tertiary/aromatic N) is 3. The largest absolute Gasteiger partial charge is 0.301 e. The van der Waals surface area contributed by atoms with Gasteiger partial charge in [-0.1, -0.05) is 30.3 Å². The van der Waals surface area contributed by atoms with Gasteiger partial charge in [0.2, 0.25) is 0 Å². The first-order valence-corrected chi connectivity index (χ1v) is 10.8. The van der Waals surface area contributed by atoms with Gasteiger partial charge in [-0.05, 0) is 42.5 Å². The number of hydrogen-bond acceptors (Lipinski definition) is 4. The van der Waals surface area contributed by atoms with Crippen molar-refractivity contribution in [1.29, 1.82) is 0 Å². The number of nitrogens with one attached hydrogen (secondary N) is 1. The molecule has 1 N–H and O–H groups in total. The quantitative estimate of drug-likeness (QED) is 0.518. The van der Waals surface area contributed by atoms with Crippen LogP contribution in [0.5, 0.6) is 0 Å². The average Bonchev–Trinajstić information content (AvgIpc) is 2.75. The second-order valence-electron chi connectivity index (χ2n) is 7.06. The average molecular weight is 438 g/mol. The monoisotopic (exact) mass is 438 g/mol. The zero-order valence-corrected chi connectivity index (χ0v) is 17.6. The van der Waals surface area contributed by atoms with Gasteiger partial charge in [0.25, 0.3) is 5.56 Å². The maximum Gasteiger partial charge on any atom is 0.301 e. The molecule has 7 nitrogen and oxygen atoms in total. The fourth-order valence-electron chi connectivity index (χ4n) is 3.13. The van der Waals surface area contributed by atoms with Gasteiger partial charge in [0, 0.05) is 25.0 Å². The Morgan fingerprint density at radius 2 is 1.61 bits per heavy atom. The summed E-state index contributed by atoms with van der Waals surface area (Å²) in [5.41, 5.74) is 1.55. The molecule has 0 atom stereocenters. The topological polar surface area (TPSA) is 84.3 Å². The minimum atomic E-state index is -3.68. The second-order valence-corrected chi connectivity index (χ2v) is 8.94. The highest BCUT2D eigenvalue weighted by Gasteiger charge is 2.16. The normalized spacial score (nSPS) is 11.7. The molecule has 0 aliphatic heterocycles. The van der Waals surface area contributed by atoms with Gasteiger partial charge >= 0.3 is 10.2 Å². The summed E-state index contributed by atoms with van der Waals surface area (Å²) in [5, 5.41) is 5.60. The van der Waals surface area contributed by atoms with E-state index in [1.54, 1.807) is 48.5 Å². The summed E-state index contributed by atoms with van der Waals surface area (Å²) in [6, 6.07) is 19.3. The molecule has 0 saturated carbocycles. The zero-order chi connectivity index (χ0) is 22.2. The molecule has 158 valence electrons. The van der Waals surface area contributed by atoms with Gasteiger partial charge in [0.05, 0.1) is 22.5 Å². The van der Waals surface area contributed by atoms with Gasteiger partial charge in [-0.25, -0.2) is 4.39 Å². The Hall–Kier alpha value is -3.56. The summed E-state index contributed by atoms with van der Waals surface area (Å²) in [4.78, 5) is 13.0. The van der Waals surface area contributed by atoms with Gasteiger partial charge in [0.1, 0.15) is 5.82 Å². The van der Waals surface area contributed by atoms with Crippen LogP contribution in [0.4, 0.5) is 10.1 Å². The van der Waals surface area contributed by atoms with Crippen molar-refractivity contribution in [2.24, 2.45) is 0 Å². The fourth-order valence-corrected chi connectivity index (χ4v) is 3.74. The van der Waals surface area contributed by atoms with Gasteiger partial charge in [0.15, 0.2) is 0 Å². The Bertz CT molecular complexity index is 1430. The first-order chi connectivity index (χ1) is 14.8. The van der Waals surface area contributed by atoms with E-state index in [4.69, 9.17) is 0 Å². The summed E-state index contributed by atoms with van der Waals surface area (Å²) < 4.78 is 42.5. The van der Waals surface area contributed by atoms with Crippen molar-refractivity contribution in [3.63, 3.8) is 0 Å². The van der Waals surface area contributed by atoms with Gasteiger partial charge in [-0.15, -0.1) is 0 Å². The van der Waals surface area contributed by atoms with Crippen molar-refractivity contribution < 1.29 is 12.8 Å². The molecule has 1 heterocycles. The van der Waals surface area contributed by atoms with Gasteiger partial charge < -0.3 is 0 Å². The predicted molar refractivity (Wildman–Crippen MR) is 119 cm³/mol. The molecule has 4 aromatic rings. The first-order valence-electron chi connectivity index (χ1n) is 9.35. The Morgan fingerprint density at radius 1 is 0.935 bits per heavy atom. The second kappa shape index (κ2) is 7.93. The highest BCUT2D eigenvalue weighted by atomic mass is 32.2. The van der Waals surface area contributed by atoms with Crippen LogP contribution < -0.4 is 10.3 Å². The number of hydrogen-bond donors (Lipinski definition) is 1. The molecule has 3 aromatic carbocycles. The predicted octanol–water partition coefficient (Wildman–Crippen LogP) is 3.41. The van der Waals surface area contributed by atoms with Crippen molar-refractivity contribution in [3.8, 4) is 16.9 Å². The van der Waals surface area contributed by atoms with E-state index in [-0.39, 0.29) is 5.56 Å². The zero-order valence-electron chi connectivity index (χ0n) is 16.8. The molecule has 1 aromatic heterocycles. The molecular formula is C22H19FN4O3S. The van der Waals surface area contributed by atoms with E-state index in [9.17, 15) is 17.6 Å². The van der Waals surface area contributed by atoms with Crippen molar-refractivity contribution in [1.82, 2.24) is 14.1 Å². The molecule has 0 unspecified atom stereocenters. The number of halogens is 1. The molecule has 31 heavy (non-hydrogen) atoms. The van der Waals surface area contributed by atoms with Crippen LogP contribution in [-0.4, -0.2) is 36.6 Å². The standard InChI is InChI=1S/C22H19FN4O3S/c1-26(2)31(29,30)25-17-7-5-6-15(14-17)21-19-8-3-4-9-20(19)22(28)27(24-21)18-12-10-16(23)11-13-18/h3-14,25H,1-2H3. The molecule has 0 aliphatic carbocycles. The van der Waals surface area contributed by atoms with Crippen LogP contribution >= 0.6 is 0 Å². The van der Waals surface area contributed by atoms with E-state index in [0.717, 1.165) is 4.31 Å². The van der Waals surface area contributed by atoms with E-state index >= 15 is 0 Å². The number of benzene rings is 3. The van der Waals surface area contributed by atoms with Crippen LogP contribution in [0, 0.1) is 5.82 Å². The van der Waals surface area contributed by atoms with Crippen molar-refractivity contribution >= 4 is 26.7 Å². The molecule has 0 bridgehead atoms.